The number of nitrogens with zero attached hydrogens (tertiary/aromatic N) is 1. The van der Waals surface area contributed by atoms with E-state index in [0.717, 1.165) is 12.8 Å². The predicted octanol–water partition coefficient (Wildman–Crippen LogP) is 3.08. The summed E-state index contributed by atoms with van der Waals surface area (Å²) in [6.07, 6.45) is 4.83. The van der Waals surface area contributed by atoms with Crippen molar-refractivity contribution in [2.75, 3.05) is 5.32 Å². The molecule has 2 N–H and O–H groups in total. The highest BCUT2D eigenvalue weighted by Crippen LogP contribution is 2.35. The number of hydrogen-bond donors (Lipinski definition) is 2. The number of rotatable bonds is 2. The molecule has 1 aliphatic carbocycles. The Bertz CT molecular complexity index is 622. The van der Waals surface area contributed by atoms with Gasteiger partial charge in [0.05, 0.1) is 12.4 Å². The Balaban J connectivity index is 1.91. The highest BCUT2D eigenvalue weighted by Gasteiger charge is 2.22. The van der Waals surface area contributed by atoms with Crippen molar-refractivity contribution in [3.8, 4) is 0 Å². The Hall–Kier alpha value is -1.14. The van der Waals surface area contributed by atoms with Crippen LogP contribution in [0.25, 0.3) is 0 Å². The fourth-order valence-corrected chi connectivity index (χ4v) is 3.60. The van der Waals surface area contributed by atoms with Crippen LogP contribution in [0.5, 0.6) is 0 Å². The molecule has 0 saturated heterocycles. The largest absolute Gasteiger partial charge is 0.362 e. The molecule has 18 heavy (non-hydrogen) atoms. The minimum Gasteiger partial charge on any atom is -0.362 e. The molecule has 2 aromatic heterocycles. The number of H-pyrrole nitrogens is 1. The zero-order valence-electron chi connectivity index (χ0n) is 9.57. The summed E-state index contributed by atoms with van der Waals surface area (Å²) in [7, 11) is 0. The van der Waals surface area contributed by atoms with Crippen LogP contribution < -0.4 is 10.9 Å². The average Bonchev–Trinajstić information content (AvgIpc) is 2.84. The van der Waals surface area contributed by atoms with E-state index in [2.05, 4.69) is 42.7 Å². The van der Waals surface area contributed by atoms with E-state index >= 15 is 0 Å². The van der Waals surface area contributed by atoms with Crippen LogP contribution in [-0.4, -0.2) is 9.97 Å². The second-order valence-electron chi connectivity index (χ2n) is 4.28. The van der Waals surface area contributed by atoms with E-state index < -0.39 is 0 Å². The van der Waals surface area contributed by atoms with Gasteiger partial charge in [0, 0.05) is 4.88 Å². The molecular formula is C12H12BrN3OS. The van der Waals surface area contributed by atoms with Crippen LogP contribution in [0, 0.1) is 0 Å². The first-order valence-electron chi connectivity index (χ1n) is 5.81. The molecule has 2 aromatic rings. The highest BCUT2D eigenvalue weighted by atomic mass is 79.9. The Labute approximate surface area is 117 Å². The van der Waals surface area contributed by atoms with E-state index in [4.69, 9.17) is 0 Å². The van der Waals surface area contributed by atoms with E-state index in [1.807, 2.05) is 11.3 Å². The first kappa shape index (κ1) is 11.9. The van der Waals surface area contributed by atoms with Crippen LogP contribution in [0.3, 0.4) is 0 Å². The van der Waals surface area contributed by atoms with Gasteiger partial charge in [-0.05, 0) is 52.2 Å². The lowest BCUT2D eigenvalue weighted by molar-refractivity contribution is 0.606. The monoisotopic (exact) mass is 325 g/mol. The Kier molecular flexibility index (Phi) is 3.22. The zero-order chi connectivity index (χ0) is 12.5. The summed E-state index contributed by atoms with van der Waals surface area (Å²) < 4.78 is 0.465. The maximum Gasteiger partial charge on any atom is 0.267 e. The van der Waals surface area contributed by atoms with Gasteiger partial charge in [-0.25, -0.2) is 4.98 Å². The van der Waals surface area contributed by atoms with E-state index in [1.54, 1.807) is 0 Å². The van der Waals surface area contributed by atoms with Crippen LogP contribution in [0.1, 0.15) is 29.3 Å². The van der Waals surface area contributed by atoms with E-state index in [-0.39, 0.29) is 11.6 Å². The van der Waals surface area contributed by atoms with E-state index in [1.165, 1.54) is 23.2 Å². The number of aryl methyl sites for hydroxylation is 1. The van der Waals surface area contributed by atoms with Crippen LogP contribution in [0.2, 0.25) is 0 Å². The number of hydrogen-bond acceptors (Lipinski definition) is 4. The topological polar surface area (TPSA) is 57.8 Å². The number of fused-ring (bicyclic) bond motifs is 1. The Morgan fingerprint density at radius 1 is 1.56 bits per heavy atom. The molecule has 0 aliphatic heterocycles. The quantitative estimate of drug-likeness (QED) is 0.892. The average molecular weight is 326 g/mol. The maximum absolute atomic E-state index is 11.5. The van der Waals surface area contributed by atoms with E-state index in [0.29, 0.717) is 10.3 Å². The van der Waals surface area contributed by atoms with Crippen LogP contribution >= 0.6 is 27.3 Å². The van der Waals surface area contributed by atoms with Gasteiger partial charge in [-0.3, -0.25) is 4.79 Å². The number of aromatic amines is 1. The lowest BCUT2D eigenvalue weighted by Crippen LogP contribution is -2.19. The summed E-state index contributed by atoms with van der Waals surface area (Å²) in [6.45, 7) is 0. The maximum atomic E-state index is 11.5. The van der Waals surface area contributed by atoms with Crippen molar-refractivity contribution in [1.82, 2.24) is 9.97 Å². The molecule has 0 fully saturated rings. The lowest BCUT2D eigenvalue weighted by Gasteiger charge is -2.24. The number of nitrogens with one attached hydrogen (secondary N) is 2. The molecule has 94 valence electrons. The lowest BCUT2D eigenvalue weighted by atomic mass is 9.94. The molecule has 1 unspecified atom stereocenters. The van der Waals surface area contributed by atoms with Crippen LogP contribution in [0.4, 0.5) is 5.82 Å². The van der Waals surface area contributed by atoms with Gasteiger partial charge in [0.15, 0.2) is 0 Å². The molecule has 0 saturated carbocycles. The SMILES string of the molecule is O=c1[nH]cnc(NC2CCCc3sccc32)c1Br. The summed E-state index contributed by atoms with van der Waals surface area (Å²) in [6, 6.07) is 2.42. The minimum absolute atomic E-state index is 0.158. The second kappa shape index (κ2) is 4.85. The van der Waals surface area contributed by atoms with Crippen molar-refractivity contribution in [2.24, 2.45) is 0 Å². The fraction of sp³-hybridized carbons (Fsp3) is 0.333. The highest BCUT2D eigenvalue weighted by molar-refractivity contribution is 9.10. The Morgan fingerprint density at radius 2 is 2.44 bits per heavy atom. The molecule has 0 amide bonds. The molecule has 3 rings (SSSR count). The molecule has 2 heterocycles. The molecule has 0 bridgehead atoms. The van der Waals surface area contributed by atoms with Gasteiger partial charge in [0.1, 0.15) is 10.3 Å². The van der Waals surface area contributed by atoms with Gasteiger partial charge in [-0.2, -0.15) is 0 Å². The smallest absolute Gasteiger partial charge is 0.267 e. The molecule has 6 heteroatoms. The molecule has 0 radical (unpaired) electrons. The summed E-state index contributed by atoms with van der Waals surface area (Å²) >= 11 is 5.08. The third-order valence-electron chi connectivity index (χ3n) is 3.16. The zero-order valence-corrected chi connectivity index (χ0v) is 12.0. The molecule has 1 atom stereocenters. The molecule has 0 aromatic carbocycles. The predicted molar refractivity (Wildman–Crippen MR) is 76.2 cm³/mol. The molecule has 0 spiro atoms. The minimum atomic E-state index is -0.158. The van der Waals surface area contributed by atoms with Gasteiger partial charge in [-0.1, -0.05) is 0 Å². The summed E-state index contributed by atoms with van der Waals surface area (Å²) in [4.78, 5) is 19.7. The van der Waals surface area contributed by atoms with Crippen molar-refractivity contribution in [3.05, 3.63) is 43.0 Å². The number of aromatic nitrogens is 2. The number of halogens is 1. The molecule has 4 nitrogen and oxygen atoms in total. The summed E-state index contributed by atoms with van der Waals surface area (Å²) in [5.41, 5.74) is 1.19. The van der Waals surface area contributed by atoms with Gasteiger partial charge >= 0.3 is 0 Å². The van der Waals surface area contributed by atoms with Crippen molar-refractivity contribution in [1.29, 1.82) is 0 Å². The van der Waals surface area contributed by atoms with E-state index in [9.17, 15) is 4.79 Å². The third-order valence-corrected chi connectivity index (χ3v) is 4.89. The van der Waals surface area contributed by atoms with Gasteiger partial charge in [-0.15, -0.1) is 11.3 Å². The van der Waals surface area contributed by atoms with Crippen molar-refractivity contribution < 1.29 is 0 Å². The van der Waals surface area contributed by atoms with Crippen molar-refractivity contribution in [2.45, 2.75) is 25.3 Å². The first-order valence-corrected chi connectivity index (χ1v) is 7.49. The number of anilines is 1. The fourth-order valence-electron chi connectivity index (χ4n) is 2.29. The van der Waals surface area contributed by atoms with Gasteiger partial charge < -0.3 is 10.3 Å². The summed E-state index contributed by atoms with van der Waals surface area (Å²) in [5, 5.41) is 5.49. The second-order valence-corrected chi connectivity index (χ2v) is 6.08. The number of thiophene rings is 1. The van der Waals surface area contributed by atoms with Crippen molar-refractivity contribution in [3.63, 3.8) is 0 Å². The van der Waals surface area contributed by atoms with Crippen molar-refractivity contribution >= 4 is 33.1 Å². The molecular weight excluding hydrogens is 314 g/mol. The first-order chi connectivity index (χ1) is 8.75. The third kappa shape index (κ3) is 2.10. The normalized spacial score (nSPS) is 18.4. The molecule has 1 aliphatic rings. The van der Waals surface area contributed by atoms with Gasteiger partial charge in [0.25, 0.3) is 5.56 Å². The Morgan fingerprint density at radius 3 is 3.33 bits per heavy atom. The van der Waals surface area contributed by atoms with Crippen LogP contribution in [-0.2, 0) is 6.42 Å². The standard InChI is InChI=1S/C12H12BrN3OS/c13-10-11(14-6-15-12(10)17)16-8-2-1-3-9-7(8)4-5-18-9/h4-6,8H,1-3H2,(H2,14,15,16,17). The van der Waals surface area contributed by atoms with Gasteiger partial charge in [0.2, 0.25) is 0 Å². The summed E-state index contributed by atoms with van der Waals surface area (Å²) in [5.74, 6) is 0.614. The van der Waals surface area contributed by atoms with Crippen LogP contribution in [0.15, 0.2) is 27.0 Å².